The molecule has 0 aromatic heterocycles. The number of nitrogens with zero attached hydrogens (tertiary/aromatic N) is 1. The molecule has 2 aromatic carbocycles. The topological polar surface area (TPSA) is 42.2 Å². The van der Waals surface area contributed by atoms with Crippen molar-refractivity contribution in [2.24, 2.45) is 0 Å². The van der Waals surface area contributed by atoms with Crippen molar-refractivity contribution in [3.05, 3.63) is 52.3 Å². The molecule has 0 radical (unpaired) electrons. The van der Waals surface area contributed by atoms with Gasteiger partial charge in [0.2, 0.25) is 0 Å². The van der Waals surface area contributed by atoms with Gasteiger partial charge in [-0.25, -0.2) is 4.39 Å². The second kappa shape index (κ2) is 4.82. The van der Waals surface area contributed by atoms with Crippen LogP contribution in [0.5, 0.6) is 5.75 Å². The molecule has 1 saturated heterocycles. The van der Waals surface area contributed by atoms with Gasteiger partial charge in [0.15, 0.2) is 0 Å². The standard InChI is InChI=1S/C18H14FNO2/c1-10-2-18-16(5-17(10)19)15-4-14(13-7-21-8-13)11(6-20)3-12(15)9-22-18/h2-5,13H,7-9H2,1H3. The quantitative estimate of drug-likeness (QED) is 0.806. The van der Waals surface area contributed by atoms with Crippen molar-refractivity contribution < 1.29 is 13.9 Å². The van der Waals surface area contributed by atoms with E-state index in [1.54, 1.807) is 13.0 Å². The average molecular weight is 295 g/mol. The van der Waals surface area contributed by atoms with Crippen LogP contribution in [-0.2, 0) is 11.3 Å². The van der Waals surface area contributed by atoms with Gasteiger partial charge in [0.1, 0.15) is 18.2 Å². The minimum Gasteiger partial charge on any atom is -0.488 e. The smallest absolute Gasteiger partial charge is 0.128 e. The van der Waals surface area contributed by atoms with E-state index in [0.717, 1.165) is 22.3 Å². The van der Waals surface area contributed by atoms with Gasteiger partial charge in [-0.05, 0) is 53.4 Å². The molecule has 1 fully saturated rings. The van der Waals surface area contributed by atoms with Crippen molar-refractivity contribution in [3.63, 3.8) is 0 Å². The Morgan fingerprint density at radius 2 is 2.00 bits per heavy atom. The lowest BCUT2D eigenvalue weighted by atomic mass is 9.86. The summed E-state index contributed by atoms with van der Waals surface area (Å²) < 4.78 is 24.9. The molecule has 0 unspecified atom stereocenters. The molecule has 0 atom stereocenters. The maximum atomic E-state index is 14.0. The van der Waals surface area contributed by atoms with Crippen LogP contribution in [-0.4, -0.2) is 13.2 Å². The highest BCUT2D eigenvalue weighted by atomic mass is 19.1. The minimum absolute atomic E-state index is 0.243. The van der Waals surface area contributed by atoms with Gasteiger partial charge in [0.25, 0.3) is 0 Å². The van der Waals surface area contributed by atoms with Crippen LogP contribution < -0.4 is 4.74 Å². The molecule has 4 heteroatoms. The molecule has 0 bridgehead atoms. The van der Waals surface area contributed by atoms with Crippen LogP contribution in [0, 0.1) is 24.1 Å². The maximum Gasteiger partial charge on any atom is 0.128 e. The molecule has 3 nitrogen and oxygen atoms in total. The molecule has 22 heavy (non-hydrogen) atoms. The molecular formula is C18H14FNO2. The van der Waals surface area contributed by atoms with Crippen LogP contribution in [0.1, 0.15) is 28.2 Å². The van der Waals surface area contributed by atoms with Crippen LogP contribution in [0.3, 0.4) is 0 Å². The van der Waals surface area contributed by atoms with E-state index in [4.69, 9.17) is 9.47 Å². The lowest BCUT2D eigenvalue weighted by Gasteiger charge is -2.29. The van der Waals surface area contributed by atoms with E-state index in [2.05, 4.69) is 6.07 Å². The number of rotatable bonds is 1. The van der Waals surface area contributed by atoms with E-state index in [1.807, 2.05) is 12.1 Å². The van der Waals surface area contributed by atoms with Crippen LogP contribution >= 0.6 is 0 Å². The van der Waals surface area contributed by atoms with E-state index >= 15 is 0 Å². The lowest BCUT2D eigenvalue weighted by Crippen LogP contribution is -2.26. The van der Waals surface area contributed by atoms with Gasteiger partial charge in [-0.1, -0.05) is 0 Å². The number of halogens is 1. The van der Waals surface area contributed by atoms with E-state index in [9.17, 15) is 9.65 Å². The Bertz CT molecular complexity index is 819. The monoisotopic (exact) mass is 295 g/mol. The summed E-state index contributed by atoms with van der Waals surface area (Å²) in [6, 6.07) is 9.39. The van der Waals surface area contributed by atoms with E-state index in [-0.39, 0.29) is 11.7 Å². The number of ether oxygens (including phenoxy) is 2. The van der Waals surface area contributed by atoms with E-state index < -0.39 is 0 Å². The van der Waals surface area contributed by atoms with Gasteiger partial charge in [0, 0.05) is 11.5 Å². The maximum absolute atomic E-state index is 14.0. The molecule has 0 amide bonds. The Kier molecular flexibility index (Phi) is 2.91. The van der Waals surface area contributed by atoms with Crippen molar-refractivity contribution in [2.75, 3.05) is 13.2 Å². The average Bonchev–Trinajstić information content (AvgIpc) is 2.46. The molecular weight excluding hydrogens is 281 g/mol. The molecule has 0 N–H and O–H groups in total. The molecule has 0 aliphatic carbocycles. The summed E-state index contributed by atoms with van der Waals surface area (Å²) in [6.07, 6.45) is 0. The zero-order chi connectivity index (χ0) is 15.3. The number of hydrogen-bond donors (Lipinski definition) is 0. The van der Waals surface area contributed by atoms with Crippen molar-refractivity contribution in [3.8, 4) is 22.9 Å². The zero-order valence-electron chi connectivity index (χ0n) is 12.1. The van der Waals surface area contributed by atoms with Gasteiger partial charge in [-0.15, -0.1) is 0 Å². The molecule has 2 aliphatic rings. The highest BCUT2D eigenvalue weighted by Gasteiger charge is 2.27. The summed E-state index contributed by atoms with van der Waals surface area (Å²) in [5.41, 5.74) is 4.86. The van der Waals surface area contributed by atoms with Crippen LogP contribution in [0.4, 0.5) is 4.39 Å². The molecule has 2 aliphatic heterocycles. The van der Waals surface area contributed by atoms with Crippen molar-refractivity contribution in [2.45, 2.75) is 19.4 Å². The minimum atomic E-state index is -0.243. The predicted octanol–water partition coefficient (Wildman–Crippen LogP) is 3.68. The van der Waals surface area contributed by atoms with Crippen molar-refractivity contribution >= 4 is 0 Å². The third-order valence-corrected chi connectivity index (χ3v) is 4.41. The van der Waals surface area contributed by atoms with Crippen molar-refractivity contribution in [1.29, 1.82) is 5.26 Å². The first-order valence-corrected chi connectivity index (χ1v) is 7.25. The number of benzene rings is 2. The van der Waals surface area contributed by atoms with Gasteiger partial charge < -0.3 is 9.47 Å². The van der Waals surface area contributed by atoms with E-state index in [1.165, 1.54) is 6.07 Å². The summed E-state index contributed by atoms with van der Waals surface area (Å²) in [6.45, 7) is 3.41. The van der Waals surface area contributed by atoms with Gasteiger partial charge in [-0.2, -0.15) is 5.26 Å². The van der Waals surface area contributed by atoms with E-state index in [0.29, 0.717) is 36.7 Å². The largest absolute Gasteiger partial charge is 0.488 e. The molecule has 4 rings (SSSR count). The van der Waals surface area contributed by atoms with Crippen LogP contribution in [0.25, 0.3) is 11.1 Å². The summed E-state index contributed by atoms with van der Waals surface area (Å²) >= 11 is 0. The number of hydrogen-bond acceptors (Lipinski definition) is 3. The van der Waals surface area contributed by atoms with Crippen molar-refractivity contribution in [1.82, 2.24) is 0 Å². The normalized spacial score (nSPS) is 16.0. The van der Waals surface area contributed by atoms with Gasteiger partial charge in [0.05, 0.1) is 24.8 Å². The summed E-state index contributed by atoms with van der Waals surface area (Å²) in [5, 5.41) is 9.37. The summed E-state index contributed by atoms with van der Waals surface area (Å²) in [5.74, 6) is 0.710. The number of aryl methyl sites for hydroxylation is 1. The number of fused-ring (bicyclic) bond motifs is 3. The Labute approximate surface area is 127 Å². The lowest BCUT2D eigenvalue weighted by molar-refractivity contribution is 0.00832. The fourth-order valence-electron chi connectivity index (χ4n) is 3.02. The third-order valence-electron chi connectivity index (χ3n) is 4.41. The predicted molar refractivity (Wildman–Crippen MR) is 79.2 cm³/mol. The fraction of sp³-hybridized carbons (Fsp3) is 0.278. The molecule has 0 saturated carbocycles. The molecule has 0 spiro atoms. The molecule has 110 valence electrons. The first-order chi connectivity index (χ1) is 10.7. The second-order valence-electron chi connectivity index (χ2n) is 5.83. The van der Waals surface area contributed by atoms with Gasteiger partial charge >= 0.3 is 0 Å². The fourth-order valence-corrected chi connectivity index (χ4v) is 3.02. The highest BCUT2D eigenvalue weighted by Crippen LogP contribution is 2.41. The number of nitriles is 1. The first kappa shape index (κ1) is 13.3. The van der Waals surface area contributed by atoms with Crippen LogP contribution in [0.2, 0.25) is 0 Å². The van der Waals surface area contributed by atoms with Crippen LogP contribution in [0.15, 0.2) is 24.3 Å². The van der Waals surface area contributed by atoms with Gasteiger partial charge in [-0.3, -0.25) is 0 Å². The summed E-state index contributed by atoms with van der Waals surface area (Å²) in [4.78, 5) is 0. The molecule has 2 heterocycles. The molecule has 2 aromatic rings. The SMILES string of the molecule is Cc1cc2c(cc1F)-c1cc(C3COC3)c(C#N)cc1CO2. The Hall–Kier alpha value is -2.38. The Morgan fingerprint density at radius 1 is 1.18 bits per heavy atom. The zero-order valence-corrected chi connectivity index (χ0v) is 12.1. The Balaban J connectivity index is 1.92. The highest BCUT2D eigenvalue weighted by molar-refractivity contribution is 5.77. The third kappa shape index (κ3) is 1.90. The first-order valence-electron chi connectivity index (χ1n) is 7.25. The summed E-state index contributed by atoms with van der Waals surface area (Å²) in [7, 11) is 0. The Morgan fingerprint density at radius 3 is 2.68 bits per heavy atom. The second-order valence-corrected chi connectivity index (χ2v) is 5.83.